The van der Waals surface area contributed by atoms with Crippen LogP contribution >= 0.6 is 23.4 Å². The number of hydrogen-bond acceptors (Lipinski definition) is 4. The average Bonchev–Trinajstić information content (AvgIpc) is 2.78. The molecule has 3 aromatic carbocycles. The summed E-state index contributed by atoms with van der Waals surface area (Å²) in [6.45, 7) is 4.00. The topological polar surface area (TPSA) is 32.8 Å². The van der Waals surface area contributed by atoms with Gasteiger partial charge in [-0.15, -0.1) is 11.8 Å². The smallest absolute Gasteiger partial charge is 0.232 e. The molecule has 4 rings (SSSR count). The van der Waals surface area contributed by atoms with Crippen LogP contribution < -0.4 is 4.90 Å². The third-order valence-corrected chi connectivity index (χ3v) is 6.68. The molecular weight excluding hydrogens is 416 g/mol. The molecule has 0 N–H and O–H groups in total. The molecule has 30 heavy (non-hydrogen) atoms. The first-order chi connectivity index (χ1) is 14.6. The molecular formula is C24H25ClN2O2S. The van der Waals surface area contributed by atoms with Gasteiger partial charge in [-0.1, -0.05) is 48.0 Å². The molecule has 4 nitrogen and oxygen atoms in total. The van der Waals surface area contributed by atoms with Crippen LogP contribution in [0.1, 0.15) is 5.56 Å². The number of carbonyl (C=O) groups excluding carboxylic acids is 1. The number of carbonyl (C=O) groups is 1. The van der Waals surface area contributed by atoms with Crippen molar-refractivity contribution in [2.24, 2.45) is 0 Å². The van der Waals surface area contributed by atoms with Gasteiger partial charge < -0.3 is 14.5 Å². The Balaban J connectivity index is 1.35. The molecule has 156 valence electrons. The van der Waals surface area contributed by atoms with E-state index in [1.165, 1.54) is 17.4 Å². The highest BCUT2D eigenvalue weighted by Gasteiger charge is 2.14. The Morgan fingerprint density at radius 2 is 1.77 bits per heavy atom. The largest absolute Gasteiger partial charge is 0.378 e. The molecule has 0 bridgehead atoms. The summed E-state index contributed by atoms with van der Waals surface area (Å²) >= 11 is 7.94. The Hall–Kier alpha value is -2.21. The second-order valence-electron chi connectivity index (χ2n) is 7.40. The van der Waals surface area contributed by atoms with Crippen molar-refractivity contribution >= 4 is 45.7 Å². The zero-order chi connectivity index (χ0) is 20.9. The third-order valence-electron chi connectivity index (χ3n) is 5.32. The van der Waals surface area contributed by atoms with Crippen molar-refractivity contribution in [2.45, 2.75) is 11.4 Å². The molecule has 6 heteroatoms. The summed E-state index contributed by atoms with van der Waals surface area (Å²) in [5, 5.41) is 2.83. The number of anilines is 1. The van der Waals surface area contributed by atoms with Crippen LogP contribution in [0.3, 0.4) is 0 Å². The van der Waals surface area contributed by atoms with E-state index in [-0.39, 0.29) is 5.91 Å². The summed E-state index contributed by atoms with van der Waals surface area (Å²) in [5.74, 6) is 0.480. The molecule has 0 aliphatic carbocycles. The number of thioether (sulfide) groups is 1. The van der Waals surface area contributed by atoms with E-state index in [1.807, 2.05) is 43.4 Å². The monoisotopic (exact) mass is 440 g/mol. The van der Waals surface area contributed by atoms with E-state index < -0.39 is 0 Å². The van der Waals surface area contributed by atoms with Gasteiger partial charge in [-0.3, -0.25) is 4.79 Å². The quantitative estimate of drug-likeness (QED) is 0.500. The predicted molar refractivity (Wildman–Crippen MR) is 126 cm³/mol. The number of morpholine rings is 1. The van der Waals surface area contributed by atoms with Gasteiger partial charge in [0.25, 0.3) is 0 Å². The fourth-order valence-electron chi connectivity index (χ4n) is 3.63. The van der Waals surface area contributed by atoms with Crippen molar-refractivity contribution in [3.05, 3.63) is 71.2 Å². The molecule has 1 aliphatic heterocycles. The number of hydrogen-bond donors (Lipinski definition) is 0. The number of halogens is 1. The molecule has 0 spiro atoms. The zero-order valence-electron chi connectivity index (χ0n) is 17.0. The highest BCUT2D eigenvalue weighted by atomic mass is 35.5. The van der Waals surface area contributed by atoms with E-state index in [0.717, 1.165) is 52.6 Å². The van der Waals surface area contributed by atoms with Crippen molar-refractivity contribution in [1.29, 1.82) is 0 Å². The number of amides is 1. The number of benzene rings is 3. The van der Waals surface area contributed by atoms with Crippen molar-refractivity contribution in [2.75, 3.05) is 44.0 Å². The molecule has 1 heterocycles. The second-order valence-corrected chi connectivity index (χ2v) is 8.82. The number of fused-ring (bicyclic) bond motifs is 1. The summed E-state index contributed by atoms with van der Waals surface area (Å²) in [6.07, 6.45) is 0. The fourth-order valence-corrected chi connectivity index (χ4v) is 5.01. The molecule has 1 fully saturated rings. The minimum atomic E-state index is 0.0984. The Kier molecular flexibility index (Phi) is 6.82. The lowest BCUT2D eigenvalue weighted by molar-refractivity contribution is -0.127. The maximum absolute atomic E-state index is 12.7. The first-order valence-corrected chi connectivity index (χ1v) is 11.4. The molecule has 0 atom stereocenters. The summed E-state index contributed by atoms with van der Waals surface area (Å²) in [4.78, 5) is 17.9. The van der Waals surface area contributed by atoms with Gasteiger partial charge in [0.15, 0.2) is 0 Å². The van der Waals surface area contributed by atoms with Crippen molar-refractivity contribution < 1.29 is 9.53 Å². The van der Waals surface area contributed by atoms with Crippen LogP contribution in [0, 0.1) is 0 Å². The van der Waals surface area contributed by atoms with Gasteiger partial charge in [0.1, 0.15) is 0 Å². The summed E-state index contributed by atoms with van der Waals surface area (Å²) < 4.78 is 5.41. The zero-order valence-corrected chi connectivity index (χ0v) is 18.6. The highest BCUT2D eigenvalue weighted by molar-refractivity contribution is 8.00. The minimum Gasteiger partial charge on any atom is -0.378 e. The summed E-state index contributed by atoms with van der Waals surface area (Å²) in [5.41, 5.74) is 2.33. The van der Waals surface area contributed by atoms with Gasteiger partial charge in [0.05, 0.1) is 19.0 Å². The lowest BCUT2D eigenvalue weighted by Crippen LogP contribution is -2.36. The second kappa shape index (κ2) is 9.73. The lowest BCUT2D eigenvalue weighted by atomic mass is 10.1. The average molecular weight is 441 g/mol. The molecule has 1 amide bonds. The van der Waals surface area contributed by atoms with Crippen molar-refractivity contribution in [3.8, 4) is 0 Å². The SMILES string of the molecule is CN(Cc1ccc(N2CCOCC2)cc1)C(=O)CSc1cccc2cccc(Cl)c12. The third kappa shape index (κ3) is 4.91. The Labute approximate surface area is 186 Å². The van der Waals surface area contributed by atoms with E-state index in [4.69, 9.17) is 16.3 Å². The first-order valence-electron chi connectivity index (χ1n) is 10.1. The molecule has 1 aliphatic rings. The first kappa shape index (κ1) is 21.0. The van der Waals surface area contributed by atoms with Crippen LogP contribution in [-0.2, 0) is 16.1 Å². The van der Waals surface area contributed by atoms with Gasteiger partial charge >= 0.3 is 0 Å². The lowest BCUT2D eigenvalue weighted by Gasteiger charge is -2.29. The maximum Gasteiger partial charge on any atom is 0.232 e. The van der Waals surface area contributed by atoms with Gasteiger partial charge in [0.2, 0.25) is 5.91 Å². The highest BCUT2D eigenvalue weighted by Crippen LogP contribution is 2.33. The summed E-state index contributed by atoms with van der Waals surface area (Å²) in [6, 6.07) is 20.4. The molecule has 0 aromatic heterocycles. The molecule has 0 radical (unpaired) electrons. The number of nitrogens with zero attached hydrogens (tertiary/aromatic N) is 2. The van der Waals surface area contributed by atoms with Gasteiger partial charge in [0, 0.05) is 47.7 Å². The van der Waals surface area contributed by atoms with Crippen LogP contribution in [0.25, 0.3) is 10.8 Å². The molecule has 0 saturated carbocycles. The standard InChI is InChI=1S/C24H25ClN2O2S/c1-26(16-18-8-10-20(11-9-18)27-12-14-29-15-13-27)23(28)17-30-22-7-3-5-19-4-2-6-21(25)24(19)22/h2-11H,12-17H2,1H3. The van der Waals surface area contributed by atoms with Gasteiger partial charge in [-0.05, 0) is 35.2 Å². The van der Waals surface area contributed by atoms with Crippen molar-refractivity contribution in [1.82, 2.24) is 4.90 Å². The number of ether oxygens (including phenoxy) is 1. The van der Waals surface area contributed by atoms with Crippen LogP contribution in [0.15, 0.2) is 65.6 Å². The van der Waals surface area contributed by atoms with Crippen LogP contribution in [0.4, 0.5) is 5.69 Å². The predicted octanol–water partition coefficient (Wildman–Crippen LogP) is 5.08. The van der Waals surface area contributed by atoms with E-state index in [2.05, 4.69) is 29.2 Å². The number of rotatable bonds is 6. The summed E-state index contributed by atoms with van der Waals surface area (Å²) in [7, 11) is 1.86. The normalized spacial score (nSPS) is 14.1. The fraction of sp³-hybridized carbons (Fsp3) is 0.292. The van der Waals surface area contributed by atoms with Crippen LogP contribution in [0.2, 0.25) is 5.02 Å². The van der Waals surface area contributed by atoms with Gasteiger partial charge in [-0.2, -0.15) is 0 Å². The van der Waals surface area contributed by atoms with E-state index >= 15 is 0 Å². The van der Waals surface area contributed by atoms with Crippen LogP contribution in [-0.4, -0.2) is 49.9 Å². The molecule has 0 unspecified atom stereocenters. The Morgan fingerprint density at radius 1 is 1.07 bits per heavy atom. The van der Waals surface area contributed by atoms with E-state index in [0.29, 0.717) is 12.3 Å². The van der Waals surface area contributed by atoms with Crippen molar-refractivity contribution in [3.63, 3.8) is 0 Å². The molecule has 3 aromatic rings. The maximum atomic E-state index is 12.7. The minimum absolute atomic E-state index is 0.0984. The molecule has 1 saturated heterocycles. The van der Waals surface area contributed by atoms with Gasteiger partial charge in [-0.25, -0.2) is 0 Å². The van der Waals surface area contributed by atoms with E-state index in [1.54, 1.807) is 4.90 Å². The van der Waals surface area contributed by atoms with E-state index in [9.17, 15) is 4.79 Å². The Morgan fingerprint density at radius 3 is 2.50 bits per heavy atom. The Bertz CT molecular complexity index is 1010. The van der Waals surface area contributed by atoms with Crippen LogP contribution in [0.5, 0.6) is 0 Å².